The maximum absolute atomic E-state index is 12.0. The molecular formula is C11H17N3O3. The van der Waals surface area contributed by atoms with E-state index in [4.69, 9.17) is 4.74 Å². The lowest BCUT2D eigenvalue weighted by atomic mass is 10.2. The summed E-state index contributed by atoms with van der Waals surface area (Å²) in [5.74, 6) is -0.649. The lowest BCUT2D eigenvalue weighted by Crippen LogP contribution is -2.33. The molecule has 0 saturated carbocycles. The zero-order valence-corrected chi connectivity index (χ0v) is 10.5. The number of rotatable bonds is 4. The average Bonchev–Trinajstić information content (AvgIpc) is 2.58. The molecule has 0 aliphatic rings. The fourth-order valence-corrected chi connectivity index (χ4v) is 1.53. The molecule has 1 heterocycles. The highest BCUT2D eigenvalue weighted by atomic mass is 16.5. The first-order valence-electron chi connectivity index (χ1n) is 5.40. The first-order chi connectivity index (χ1) is 7.97. The summed E-state index contributed by atoms with van der Waals surface area (Å²) < 4.78 is 4.78. The Morgan fingerprint density at radius 2 is 2.06 bits per heavy atom. The predicted octanol–water partition coefficient (Wildman–Crippen LogP) is 0.662. The summed E-state index contributed by atoms with van der Waals surface area (Å²) in [6, 6.07) is 0. The van der Waals surface area contributed by atoms with E-state index in [1.54, 1.807) is 27.8 Å². The monoisotopic (exact) mass is 239 g/mol. The maximum atomic E-state index is 12.0. The van der Waals surface area contributed by atoms with Crippen LogP contribution in [0.25, 0.3) is 0 Å². The SMILES string of the molecule is CCOC(=O)CN(C)C(=O)c1c(C)n[nH]c1C. The van der Waals surface area contributed by atoms with Gasteiger partial charge in [0.1, 0.15) is 6.54 Å². The zero-order chi connectivity index (χ0) is 13.0. The van der Waals surface area contributed by atoms with Crippen LogP contribution in [0.2, 0.25) is 0 Å². The van der Waals surface area contributed by atoms with Crippen molar-refractivity contribution in [2.45, 2.75) is 20.8 Å². The Bertz CT molecular complexity index is 406. The number of nitrogens with zero attached hydrogens (tertiary/aromatic N) is 2. The first kappa shape index (κ1) is 13.2. The quantitative estimate of drug-likeness (QED) is 0.783. The van der Waals surface area contributed by atoms with Crippen molar-refractivity contribution in [3.63, 3.8) is 0 Å². The smallest absolute Gasteiger partial charge is 0.325 e. The molecule has 1 rings (SSSR count). The molecule has 1 amide bonds. The van der Waals surface area contributed by atoms with Crippen LogP contribution >= 0.6 is 0 Å². The molecule has 0 aromatic carbocycles. The van der Waals surface area contributed by atoms with E-state index in [2.05, 4.69) is 10.2 Å². The Hall–Kier alpha value is -1.85. The van der Waals surface area contributed by atoms with Crippen LogP contribution in [0.3, 0.4) is 0 Å². The molecule has 0 saturated heterocycles. The van der Waals surface area contributed by atoms with Crippen LogP contribution in [0.5, 0.6) is 0 Å². The minimum absolute atomic E-state index is 0.0588. The molecule has 0 fully saturated rings. The third kappa shape index (κ3) is 3.05. The highest BCUT2D eigenvalue weighted by molar-refractivity contribution is 5.97. The number of carbonyl (C=O) groups excluding carboxylic acids is 2. The lowest BCUT2D eigenvalue weighted by molar-refractivity contribution is -0.143. The van der Waals surface area contributed by atoms with Crippen LogP contribution in [0.15, 0.2) is 0 Å². The second-order valence-electron chi connectivity index (χ2n) is 3.78. The molecule has 6 heteroatoms. The largest absolute Gasteiger partial charge is 0.465 e. The van der Waals surface area contributed by atoms with Gasteiger partial charge >= 0.3 is 5.97 Å². The van der Waals surface area contributed by atoms with E-state index < -0.39 is 5.97 Å². The highest BCUT2D eigenvalue weighted by Gasteiger charge is 2.21. The molecule has 0 spiro atoms. The predicted molar refractivity (Wildman–Crippen MR) is 61.7 cm³/mol. The summed E-state index contributed by atoms with van der Waals surface area (Å²) in [6.45, 7) is 5.49. The van der Waals surface area contributed by atoms with Gasteiger partial charge in [0.15, 0.2) is 0 Å². The molecule has 0 atom stereocenters. The third-order valence-corrected chi connectivity index (χ3v) is 2.36. The van der Waals surface area contributed by atoms with E-state index in [1.165, 1.54) is 4.90 Å². The van der Waals surface area contributed by atoms with Crippen LogP contribution in [-0.2, 0) is 9.53 Å². The molecule has 0 radical (unpaired) electrons. The van der Waals surface area contributed by atoms with Gasteiger partial charge < -0.3 is 9.64 Å². The van der Waals surface area contributed by atoms with Gasteiger partial charge in [-0.3, -0.25) is 14.7 Å². The van der Waals surface area contributed by atoms with Crippen molar-refractivity contribution in [1.29, 1.82) is 0 Å². The fourth-order valence-electron chi connectivity index (χ4n) is 1.53. The number of amides is 1. The van der Waals surface area contributed by atoms with Gasteiger partial charge in [0, 0.05) is 12.7 Å². The minimum Gasteiger partial charge on any atom is -0.465 e. The number of aromatic nitrogens is 2. The van der Waals surface area contributed by atoms with Crippen molar-refractivity contribution in [3.05, 3.63) is 17.0 Å². The molecule has 0 aliphatic heterocycles. The molecule has 94 valence electrons. The van der Waals surface area contributed by atoms with Crippen molar-refractivity contribution < 1.29 is 14.3 Å². The second-order valence-corrected chi connectivity index (χ2v) is 3.78. The highest BCUT2D eigenvalue weighted by Crippen LogP contribution is 2.11. The fraction of sp³-hybridized carbons (Fsp3) is 0.545. The van der Waals surface area contributed by atoms with E-state index in [1.807, 2.05) is 0 Å². The second kappa shape index (κ2) is 5.47. The van der Waals surface area contributed by atoms with Crippen molar-refractivity contribution in [3.8, 4) is 0 Å². The van der Waals surface area contributed by atoms with Gasteiger partial charge in [0.2, 0.25) is 0 Å². The Morgan fingerprint density at radius 3 is 2.53 bits per heavy atom. The number of carbonyl (C=O) groups is 2. The molecule has 0 unspecified atom stereocenters. The molecule has 0 aliphatic carbocycles. The van der Waals surface area contributed by atoms with E-state index in [0.717, 1.165) is 0 Å². The number of aromatic amines is 1. The molecule has 1 aromatic rings. The third-order valence-electron chi connectivity index (χ3n) is 2.36. The van der Waals surface area contributed by atoms with Crippen molar-refractivity contribution in [1.82, 2.24) is 15.1 Å². The Labute approximate surface area is 99.9 Å². The van der Waals surface area contributed by atoms with Crippen molar-refractivity contribution in [2.24, 2.45) is 0 Å². The van der Waals surface area contributed by atoms with Gasteiger partial charge in [0.25, 0.3) is 5.91 Å². The van der Waals surface area contributed by atoms with Crippen LogP contribution < -0.4 is 0 Å². The average molecular weight is 239 g/mol. The number of H-pyrrole nitrogens is 1. The molecule has 17 heavy (non-hydrogen) atoms. The Kier molecular flexibility index (Phi) is 4.25. The summed E-state index contributed by atoms with van der Waals surface area (Å²) in [6.07, 6.45) is 0. The number of likely N-dealkylation sites (N-methyl/N-ethyl adjacent to an activating group) is 1. The number of aryl methyl sites for hydroxylation is 2. The first-order valence-corrected chi connectivity index (χ1v) is 5.40. The van der Waals surface area contributed by atoms with Crippen molar-refractivity contribution >= 4 is 11.9 Å². The van der Waals surface area contributed by atoms with Gasteiger partial charge in [0.05, 0.1) is 17.9 Å². The van der Waals surface area contributed by atoms with Crippen molar-refractivity contribution in [2.75, 3.05) is 20.2 Å². The van der Waals surface area contributed by atoms with Crippen LogP contribution in [-0.4, -0.2) is 47.2 Å². The summed E-state index contributed by atoms with van der Waals surface area (Å²) in [5.41, 5.74) is 1.84. The number of hydrogen-bond donors (Lipinski definition) is 1. The van der Waals surface area contributed by atoms with E-state index in [0.29, 0.717) is 23.6 Å². The maximum Gasteiger partial charge on any atom is 0.325 e. The van der Waals surface area contributed by atoms with E-state index >= 15 is 0 Å². The summed E-state index contributed by atoms with van der Waals surface area (Å²) >= 11 is 0. The normalized spacial score (nSPS) is 10.1. The number of esters is 1. The van der Waals surface area contributed by atoms with Gasteiger partial charge in [-0.1, -0.05) is 0 Å². The van der Waals surface area contributed by atoms with Gasteiger partial charge in [-0.05, 0) is 20.8 Å². The number of ether oxygens (including phenoxy) is 1. The zero-order valence-electron chi connectivity index (χ0n) is 10.5. The molecule has 0 bridgehead atoms. The van der Waals surface area contributed by atoms with Gasteiger partial charge in [-0.15, -0.1) is 0 Å². The molecule has 1 N–H and O–H groups in total. The number of nitrogens with one attached hydrogen (secondary N) is 1. The minimum atomic E-state index is -0.415. The standard InChI is InChI=1S/C11H17N3O3/c1-5-17-9(15)6-14(4)11(16)10-7(2)12-13-8(10)3/h5-6H2,1-4H3,(H,12,13). The number of hydrogen-bond acceptors (Lipinski definition) is 4. The lowest BCUT2D eigenvalue weighted by Gasteiger charge is -2.16. The molecule has 6 nitrogen and oxygen atoms in total. The topological polar surface area (TPSA) is 75.3 Å². The Balaban J connectivity index is 2.74. The summed E-state index contributed by atoms with van der Waals surface area (Å²) in [5, 5.41) is 6.68. The molecule has 1 aromatic heterocycles. The van der Waals surface area contributed by atoms with Gasteiger partial charge in [-0.25, -0.2) is 0 Å². The summed E-state index contributed by atoms with van der Waals surface area (Å²) in [7, 11) is 1.56. The van der Waals surface area contributed by atoms with E-state index in [9.17, 15) is 9.59 Å². The molecular weight excluding hydrogens is 222 g/mol. The van der Waals surface area contributed by atoms with Crippen LogP contribution in [0.1, 0.15) is 28.7 Å². The van der Waals surface area contributed by atoms with Gasteiger partial charge in [-0.2, -0.15) is 5.10 Å². The van der Waals surface area contributed by atoms with Crippen LogP contribution in [0, 0.1) is 13.8 Å². The Morgan fingerprint density at radius 1 is 1.41 bits per heavy atom. The van der Waals surface area contributed by atoms with Crippen LogP contribution in [0.4, 0.5) is 0 Å². The van der Waals surface area contributed by atoms with E-state index in [-0.39, 0.29) is 12.5 Å². The summed E-state index contributed by atoms with van der Waals surface area (Å²) in [4.78, 5) is 24.6.